The molecule has 114 valence electrons. The Labute approximate surface area is 124 Å². The molecule has 1 aromatic rings. The van der Waals surface area contributed by atoms with Crippen LogP contribution in [0.1, 0.15) is 29.6 Å². The molecule has 1 saturated carbocycles. The van der Waals surface area contributed by atoms with E-state index in [1.807, 2.05) is 0 Å². The van der Waals surface area contributed by atoms with Crippen LogP contribution in [0.5, 0.6) is 0 Å². The van der Waals surface area contributed by atoms with E-state index in [4.69, 9.17) is 0 Å². The van der Waals surface area contributed by atoms with Crippen LogP contribution in [-0.2, 0) is 10.0 Å². The van der Waals surface area contributed by atoms with Crippen LogP contribution in [0.4, 0.5) is 0 Å². The lowest BCUT2D eigenvalue weighted by atomic mass is 10.2. The second kappa shape index (κ2) is 5.75. The molecule has 1 amide bonds. The molecule has 21 heavy (non-hydrogen) atoms. The molecule has 3 rings (SSSR count). The molecule has 1 heterocycles. The molecule has 1 atom stereocenters. The van der Waals surface area contributed by atoms with Crippen molar-refractivity contribution in [3.05, 3.63) is 29.8 Å². The Morgan fingerprint density at radius 1 is 1.10 bits per heavy atom. The minimum absolute atomic E-state index is 0.0767. The summed E-state index contributed by atoms with van der Waals surface area (Å²) in [7, 11) is -3.45. The van der Waals surface area contributed by atoms with Crippen molar-refractivity contribution in [2.45, 2.75) is 36.2 Å². The second-order valence-electron chi connectivity index (χ2n) is 5.58. The molecule has 0 aromatic heterocycles. The SMILES string of the molecule is O=C(NC1CCNC1)c1ccc(S(=O)(=O)NC2CC2)cc1. The van der Waals surface area contributed by atoms with Gasteiger partial charge in [0.05, 0.1) is 4.90 Å². The normalized spacial score (nSPS) is 22.2. The van der Waals surface area contributed by atoms with Crippen molar-refractivity contribution in [1.82, 2.24) is 15.4 Å². The highest BCUT2D eigenvalue weighted by Gasteiger charge is 2.28. The van der Waals surface area contributed by atoms with E-state index in [0.29, 0.717) is 5.56 Å². The van der Waals surface area contributed by atoms with Crippen LogP contribution < -0.4 is 15.4 Å². The zero-order valence-electron chi connectivity index (χ0n) is 11.6. The maximum atomic E-state index is 12.0. The number of carbonyl (C=O) groups is 1. The molecule has 3 N–H and O–H groups in total. The predicted molar refractivity (Wildman–Crippen MR) is 78.5 cm³/mol. The monoisotopic (exact) mass is 309 g/mol. The smallest absolute Gasteiger partial charge is 0.251 e. The lowest BCUT2D eigenvalue weighted by Crippen LogP contribution is -2.36. The maximum absolute atomic E-state index is 12.0. The van der Waals surface area contributed by atoms with Gasteiger partial charge in [-0.05, 0) is 50.1 Å². The molecular weight excluding hydrogens is 290 g/mol. The molecular formula is C14H19N3O3S. The number of hydrogen-bond acceptors (Lipinski definition) is 4. The molecule has 1 aromatic carbocycles. The Bertz CT molecular complexity index is 617. The van der Waals surface area contributed by atoms with Crippen molar-refractivity contribution in [2.24, 2.45) is 0 Å². The fourth-order valence-electron chi connectivity index (χ4n) is 2.32. The lowest BCUT2D eigenvalue weighted by Gasteiger charge is -2.11. The minimum Gasteiger partial charge on any atom is -0.348 e. The van der Waals surface area contributed by atoms with E-state index in [2.05, 4.69) is 15.4 Å². The highest BCUT2D eigenvalue weighted by molar-refractivity contribution is 7.89. The predicted octanol–water partition coefficient (Wildman–Crippen LogP) is 0.219. The number of hydrogen-bond donors (Lipinski definition) is 3. The lowest BCUT2D eigenvalue weighted by molar-refractivity contribution is 0.0940. The number of carbonyl (C=O) groups excluding carboxylic acids is 1. The van der Waals surface area contributed by atoms with Crippen LogP contribution in [0, 0.1) is 0 Å². The van der Waals surface area contributed by atoms with Gasteiger partial charge in [-0.3, -0.25) is 4.79 Å². The van der Waals surface area contributed by atoms with Crippen LogP contribution in [0.2, 0.25) is 0 Å². The molecule has 1 aliphatic heterocycles. The van der Waals surface area contributed by atoms with E-state index in [0.717, 1.165) is 32.4 Å². The summed E-state index contributed by atoms with van der Waals surface area (Å²) in [4.78, 5) is 12.2. The highest BCUT2D eigenvalue weighted by Crippen LogP contribution is 2.22. The summed E-state index contributed by atoms with van der Waals surface area (Å²) in [6.07, 6.45) is 2.72. The highest BCUT2D eigenvalue weighted by atomic mass is 32.2. The van der Waals surface area contributed by atoms with Gasteiger partial charge >= 0.3 is 0 Å². The van der Waals surface area contributed by atoms with Gasteiger partial charge in [-0.1, -0.05) is 0 Å². The first-order valence-corrected chi connectivity index (χ1v) is 8.67. The molecule has 0 spiro atoms. The molecule has 6 nitrogen and oxygen atoms in total. The Morgan fingerprint density at radius 2 is 1.81 bits per heavy atom. The first-order chi connectivity index (χ1) is 10.0. The number of rotatable bonds is 5. The fraction of sp³-hybridized carbons (Fsp3) is 0.500. The summed E-state index contributed by atoms with van der Waals surface area (Å²) in [6, 6.07) is 6.29. The molecule has 7 heteroatoms. The number of benzene rings is 1. The van der Waals surface area contributed by atoms with E-state index in [9.17, 15) is 13.2 Å². The third kappa shape index (κ3) is 3.61. The Kier molecular flexibility index (Phi) is 3.97. The zero-order valence-corrected chi connectivity index (χ0v) is 12.4. The summed E-state index contributed by atoms with van der Waals surface area (Å²) in [5.74, 6) is -0.164. The minimum atomic E-state index is -3.45. The van der Waals surface area contributed by atoms with Crippen LogP contribution in [0.15, 0.2) is 29.2 Å². The van der Waals surface area contributed by atoms with Crippen molar-refractivity contribution in [1.29, 1.82) is 0 Å². The van der Waals surface area contributed by atoms with Crippen LogP contribution >= 0.6 is 0 Å². The fourth-order valence-corrected chi connectivity index (χ4v) is 3.63. The summed E-state index contributed by atoms with van der Waals surface area (Å²) in [6.45, 7) is 1.69. The van der Waals surface area contributed by atoms with Gasteiger partial charge in [-0.25, -0.2) is 13.1 Å². The quantitative estimate of drug-likeness (QED) is 0.726. The van der Waals surface area contributed by atoms with Gasteiger partial charge in [0.15, 0.2) is 0 Å². The van der Waals surface area contributed by atoms with E-state index < -0.39 is 10.0 Å². The number of amides is 1. The molecule has 0 bridgehead atoms. The summed E-state index contributed by atoms with van der Waals surface area (Å²) in [5.41, 5.74) is 0.479. The Morgan fingerprint density at radius 3 is 2.38 bits per heavy atom. The average Bonchev–Trinajstić information content (AvgIpc) is 3.11. The average molecular weight is 309 g/mol. The van der Waals surface area contributed by atoms with E-state index in [-0.39, 0.29) is 22.9 Å². The molecule has 2 fully saturated rings. The largest absolute Gasteiger partial charge is 0.348 e. The second-order valence-corrected chi connectivity index (χ2v) is 7.30. The topological polar surface area (TPSA) is 87.3 Å². The van der Waals surface area contributed by atoms with E-state index in [1.165, 1.54) is 12.1 Å². The summed E-state index contributed by atoms with van der Waals surface area (Å²) in [5, 5.41) is 6.11. The van der Waals surface area contributed by atoms with Crippen LogP contribution in [0.25, 0.3) is 0 Å². The molecule has 1 unspecified atom stereocenters. The van der Waals surface area contributed by atoms with Gasteiger partial charge in [0.25, 0.3) is 5.91 Å². The van der Waals surface area contributed by atoms with Gasteiger partial charge in [0.2, 0.25) is 10.0 Å². The number of sulfonamides is 1. The summed E-state index contributed by atoms with van der Waals surface area (Å²) >= 11 is 0. The van der Waals surface area contributed by atoms with Gasteiger partial charge in [-0.2, -0.15) is 0 Å². The van der Waals surface area contributed by atoms with Gasteiger partial charge in [0.1, 0.15) is 0 Å². The molecule has 0 radical (unpaired) electrons. The van der Waals surface area contributed by atoms with Crippen molar-refractivity contribution in [2.75, 3.05) is 13.1 Å². The van der Waals surface area contributed by atoms with E-state index >= 15 is 0 Å². The van der Waals surface area contributed by atoms with Crippen molar-refractivity contribution in [3.8, 4) is 0 Å². The van der Waals surface area contributed by atoms with Gasteiger partial charge in [-0.15, -0.1) is 0 Å². The first-order valence-electron chi connectivity index (χ1n) is 7.18. The van der Waals surface area contributed by atoms with Crippen LogP contribution in [0.3, 0.4) is 0 Å². The Hall–Kier alpha value is -1.44. The van der Waals surface area contributed by atoms with Crippen molar-refractivity contribution in [3.63, 3.8) is 0 Å². The van der Waals surface area contributed by atoms with E-state index in [1.54, 1.807) is 12.1 Å². The zero-order chi connectivity index (χ0) is 14.9. The Balaban J connectivity index is 1.66. The maximum Gasteiger partial charge on any atom is 0.251 e. The third-order valence-electron chi connectivity index (χ3n) is 3.72. The first kappa shape index (κ1) is 14.5. The standard InChI is InChI=1S/C14H19N3O3S/c18-14(16-12-7-8-15-9-12)10-1-5-13(6-2-10)21(19,20)17-11-3-4-11/h1-2,5-6,11-12,15,17H,3-4,7-9H2,(H,16,18). The van der Waals surface area contributed by atoms with Crippen molar-refractivity contribution < 1.29 is 13.2 Å². The van der Waals surface area contributed by atoms with Crippen molar-refractivity contribution >= 4 is 15.9 Å². The number of nitrogens with one attached hydrogen (secondary N) is 3. The summed E-state index contributed by atoms with van der Waals surface area (Å²) < 4.78 is 26.7. The van der Waals surface area contributed by atoms with Crippen LogP contribution in [-0.4, -0.2) is 39.5 Å². The van der Waals surface area contributed by atoms with Gasteiger partial charge < -0.3 is 10.6 Å². The molecule has 1 aliphatic carbocycles. The van der Waals surface area contributed by atoms with Gasteiger partial charge in [0, 0.05) is 24.2 Å². The molecule has 1 saturated heterocycles. The molecule has 2 aliphatic rings. The third-order valence-corrected chi connectivity index (χ3v) is 5.26.